The van der Waals surface area contributed by atoms with Crippen LogP contribution in [0.25, 0.3) is 11.1 Å². The molecule has 235 valence electrons. The number of fused-ring (bicyclic) bond motifs is 3. The highest BCUT2D eigenvalue weighted by Crippen LogP contribution is 2.62. The highest BCUT2D eigenvalue weighted by atomic mass is 19.1. The van der Waals surface area contributed by atoms with Crippen molar-refractivity contribution < 1.29 is 38.0 Å². The molecule has 5 rings (SSSR count). The molecule has 7 nitrogen and oxygen atoms in total. The Hall–Kier alpha value is -3.56. The number of rotatable bonds is 10. The van der Waals surface area contributed by atoms with Crippen molar-refractivity contribution in [3.63, 3.8) is 0 Å². The predicted molar refractivity (Wildman–Crippen MR) is 160 cm³/mol. The van der Waals surface area contributed by atoms with E-state index in [1.807, 2.05) is 40.7 Å². The third kappa shape index (κ3) is 6.74. The monoisotopic (exact) mass is 608 g/mol. The number of hydrogen-bond acceptors (Lipinski definition) is 6. The molecule has 1 heterocycles. The fraction of sp³-hybridized carbons (Fsp3) is 0.486. The van der Waals surface area contributed by atoms with Gasteiger partial charge in [-0.15, -0.1) is 0 Å². The van der Waals surface area contributed by atoms with Gasteiger partial charge in [-0.2, -0.15) is 0 Å². The third-order valence-electron chi connectivity index (χ3n) is 8.39. The minimum absolute atomic E-state index is 0.109. The number of nitrogens with zero attached hydrogens (tertiary/aromatic N) is 1. The first-order valence-electron chi connectivity index (χ1n) is 15.0. The quantitative estimate of drug-likeness (QED) is 0.255. The van der Waals surface area contributed by atoms with Crippen LogP contribution in [-0.2, 0) is 27.7 Å². The molecular weight excluding hydrogens is 568 g/mol. The Labute approximate surface area is 257 Å². The topological polar surface area (TPSA) is 97.8 Å². The molecule has 0 spiro atoms. The Morgan fingerprint density at radius 1 is 1.02 bits per heavy atom. The van der Waals surface area contributed by atoms with Crippen LogP contribution in [0.2, 0.25) is 0 Å². The maximum Gasteiger partial charge on any atom is 0.310 e. The van der Waals surface area contributed by atoms with Crippen LogP contribution in [0.3, 0.4) is 0 Å². The van der Waals surface area contributed by atoms with Crippen LogP contribution in [0.15, 0.2) is 36.5 Å². The first-order valence-corrected chi connectivity index (χ1v) is 15.0. The zero-order valence-electron chi connectivity index (χ0n) is 26.3. The van der Waals surface area contributed by atoms with Crippen molar-refractivity contribution >= 4 is 5.97 Å². The summed E-state index contributed by atoms with van der Waals surface area (Å²) in [4.78, 5) is 17.0. The molecule has 1 fully saturated rings. The molecule has 0 aliphatic heterocycles. The molecule has 1 N–H and O–H groups in total. The number of carbonyl (C=O) groups excluding carboxylic acids is 1. The van der Waals surface area contributed by atoms with E-state index in [4.69, 9.17) is 14.2 Å². The van der Waals surface area contributed by atoms with Crippen LogP contribution in [0, 0.1) is 37.3 Å². The molecular formula is C35H40F2NO6. The lowest BCUT2D eigenvalue weighted by Gasteiger charge is -2.22. The van der Waals surface area contributed by atoms with Crippen LogP contribution >= 0.6 is 0 Å². The molecule has 1 radical (unpaired) electrons. The van der Waals surface area contributed by atoms with Gasteiger partial charge in [-0.25, -0.2) is 18.9 Å². The molecule has 44 heavy (non-hydrogen) atoms. The van der Waals surface area contributed by atoms with Crippen LogP contribution in [-0.4, -0.2) is 40.0 Å². The van der Waals surface area contributed by atoms with Gasteiger partial charge >= 0.3 is 5.97 Å². The van der Waals surface area contributed by atoms with E-state index in [1.165, 1.54) is 19.9 Å². The first-order chi connectivity index (χ1) is 20.5. The third-order valence-corrected chi connectivity index (χ3v) is 8.39. The van der Waals surface area contributed by atoms with Crippen molar-refractivity contribution in [1.29, 1.82) is 0 Å². The molecule has 3 aromatic rings. The van der Waals surface area contributed by atoms with Crippen LogP contribution in [0.1, 0.15) is 74.8 Å². The maximum absolute atomic E-state index is 15.1. The van der Waals surface area contributed by atoms with E-state index in [9.17, 15) is 19.4 Å². The molecule has 0 saturated heterocycles. The second-order valence-electron chi connectivity index (χ2n) is 13.6. The number of aryl methyl sites for hydroxylation is 2. The highest BCUT2D eigenvalue weighted by molar-refractivity contribution is 5.80. The van der Waals surface area contributed by atoms with E-state index < -0.39 is 28.9 Å². The molecule has 2 aromatic carbocycles. The number of hydrogen-bond donors (Lipinski definition) is 1. The number of halogens is 2. The number of benzene rings is 2. The molecule has 4 atom stereocenters. The van der Waals surface area contributed by atoms with E-state index in [2.05, 4.69) is 4.98 Å². The van der Waals surface area contributed by atoms with E-state index in [0.29, 0.717) is 17.2 Å². The van der Waals surface area contributed by atoms with Crippen LogP contribution < -0.4 is 9.47 Å². The van der Waals surface area contributed by atoms with E-state index in [0.717, 1.165) is 34.7 Å². The largest absolute Gasteiger partial charge is 0.493 e. The molecule has 9 heteroatoms. The van der Waals surface area contributed by atoms with Crippen molar-refractivity contribution in [2.75, 3.05) is 6.61 Å². The van der Waals surface area contributed by atoms with E-state index in [-0.39, 0.29) is 54.5 Å². The number of pyridine rings is 1. The van der Waals surface area contributed by atoms with Gasteiger partial charge in [0.15, 0.2) is 0 Å². The average molecular weight is 609 g/mol. The second-order valence-corrected chi connectivity index (χ2v) is 13.6. The Kier molecular flexibility index (Phi) is 8.50. The first kappa shape index (κ1) is 31.9. The lowest BCUT2D eigenvalue weighted by atomic mass is 9.93. The van der Waals surface area contributed by atoms with Crippen LogP contribution in [0.4, 0.5) is 8.78 Å². The lowest BCUT2D eigenvalue weighted by Crippen LogP contribution is -2.35. The van der Waals surface area contributed by atoms with Crippen molar-refractivity contribution in [3.05, 3.63) is 76.0 Å². The Morgan fingerprint density at radius 3 is 2.34 bits per heavy atom. The van der Waals surface area contributed by atoms with Gasteiger partial charge < -0.3 is 19.3 Å². The summed E-state index contributed by atoms with van der Waals surface area (Å²) in [5, 5.41) is 21.9. The predicted octanol–water partition coefficient (Wildman–Crippen LogP) is 6.79. The van der Waals surface area contributed by atoms with Gasteiger partial charge in [-0.3, -0.25) is 4.79 Å². The smallest absolute Gasteiger partial charge is 0.310 e. The van der Waals surface area contributed by atoms with E-state index in [1.54, 1.807) is 18.3 Å². The molecule has 1 aromatic heterocycles. The molecule has 0 bridgehead atoms. The van der Waals surface area contributed by atoms with Crippen molar-refractivity contribution in [1.82, 2.24) is 4.98 Å². The second kappa shape index (κ2) is 11.7. The standard InChI is InChI=1S/C35H40F2NO6/c1-18-10-22(42-9-8-28(39)35(6,7)41)11-19(2)30(18)23-13-21(26(36)15-27(23)37)17-43-29-14-20-12-24-31(25(20)16-38-29)32(24)33(40)44-34(3,4)5/h10-11,13-16,24,28,31-32,41H,8-9,12,17H2,1-7H3/t24-,28?,31-,32+/m1/s1. The van der Waals surface area contributed by atoms with Gasteiger partial charge in [0, 0.05) is 41.8 Å². The molecule has 2 aliphatic carbocycles. The fourth-order valence-electron chi connectivity index (χ4n) is 6.16. The summed E-state index contributed by atoms with van der Waals surface area (Å²) in [7, 11) is 0. The summed E-state index contributed by atoms with van der Waals surface area (Å²) in [6.07, 6.45) is 1.40. The molecule has 2 aliphatic rings. The summed E-state index contributed by atoms with van der Waals surface area (Å²) in [6, 6.07) is 7.65. The summed E-state index contributed by atoms with van der Waals surface area (Å²) in [5.41, 5.74) is 2.70. The lowest BCUT2D eigenvalue weighted by molar-refractivity contribution is -0.157. The maximum atomic E-state index is 15.1. The summed E-state index contributed by atoms with van der Waals surface area (Å²) in [6.45, 7) is 12.1. The number of aliphatic hydroxyl groups is 1. The van der Waals surface area contributed by atoms with Gasteiger partial charge in [-0.05, 0) is 107 Å². The Morgan fingerprint density at radius 2 is 1.70 bits per heavy atom. The average Bonchev–Trinajstić information content (AvgIpc) is 3.49. The minimum atomic E-state index is -1.34. The number of carbonyl (C=O) groups is 1. The van der Waals surface area contributed by atoms with Crippen LogP contribution in [0.5, 0.6) is 11.6 Å². The number of esters is 1. The van der Waals surface area contributed by atoms with Crippen molar-refractivity contribution in [3.8, 4) is 22.8 Å². The SMILES string of the molecule is Cc1cc(OCCC([O])C(C)(C)O)cc(C)c1-c1cc(COc2cc3c(cn2)[C@H]2[C@@H](C3)[C@@H]2C(=O)OC(C)(C)C)c(F)cc1F. The van der Waals surface area contributed by atoms with Crippen molar-refractivity contribution in [2.24, 2.45) is 11.8 Å². The van der Waals surface area contributed by atoms with Gasteiger partial charge in [0.25, 0.3) is 0 Å². The van der Waals surface area contributed by atoms with E-state index >= 15 is 4.39 Å². The Bertz CT molecular complexity index is 1550. The zero-order valence-corrected chi connectivity index (χ0v) is 26.3. The van der Waals surface area contributed by atoms with Crippen molar-refractivity contribution in [2.45, 2.75) is 91.1 Å². The number of ether oxygens (including phenoxy) is 3. The summed E-state index contributed by atoms with van der Waals surface area (Å²) < 4.78 is 47.1. The summed E-state index contributed by atoms with van der Waals surface area (Å²) >= 11 is 0. The Balaban J connectivity index is 1.26. The van der Waals surface area contributed by atoms with Gasteiger partial charge in [0.05, 0.1) is 18.1 Å². The van der Waals surface area contributed by atoms with Gasteiger partial charge in [-0.1, -0.05) is 0 Å². The molecule has 1 saturated carbocycles. The highest BCUT2D eigenvalue weighted by Gasteiger charge is 2.61. The summed E-state index contributed by atoms with van der Waals surface area (Å²) in [5.74, 6) is -0.556. The molecule has 1 unspecified atom stereocenters. The normalized spacial score (nSPS) is 19.7. The van der Waals surface area contributed by atoms with Gasteiger partial charge in [0.2, 0.25) is 5.88 Å². The van der Waals surface area contributed by atoms with Gasteiger partial charge in [0.1, 0.15) is 35.7 Å². The minimum Gasteiger partial charge on any atom is -0.493 e. The molecule has 0 amide bonds. The fourth-order valence-corrected chi connectivity index (χ4v) is 6.16. The zero-order chi connectivity index (χ0) is 32.1. The number of aromatic nitrogens is 1.